The van der Waals surface area contributed by atoms with E-state index in [4.69, 9.17) is 0 Å². The molecule has 0 saturated heterocycles. The summed E-state index contributed by atoms with van der Waals surface area (Å²) in [6.45, 7) is 0.629. The Labute approximate surface area is 118 Å². The van der Waals surface area contributed by atoms with Crippen LogP contribution in [-0.4, -0.2) is 12.5 Å². The smallest absolute Gasteiger partial charge is 0.251 e. The van der Waals surface area contributed by atoms with Crippen molar-refractivity contribution in [3.05, 3.63) is 41.2 Å². The molecular weight excluding hydrogens is 261 g/mol. The predicted octanol–water partition coefficient (Wildman–Crippen LogP) is 3.73. The van der Waals surface area contributed by atoms with Gasteiger partial charge in [0, 0.05) is 17.0 Å². The molecule has 0 spiro atoms. The number of amides is 1. The SMILES string of the molecule is O=C(NCCC1=CCCCC1)c1ccc(F)c(S)c1. The summed E-state index contributed by atoms with van der Waals surface area (Å²) in [7, 11) is 0. The van der Waals surface area contributed by atoms with Gasteiger partial charge in [-0.15, -0.1) is 12.6 Å². The molecule has 1 aromatic rings. The lowest BCUT2D eigenvalue weighted by atomic mass is 9.97. The van der Waals surface area contributed by atoms with E-state index in [-0.39, 0.29) is 10.8 Å². The summed E-state index contributed by atoms with van der Waals surface area (Å²) < 4.78 is 13.0. The molecule has 0 aromatic heterocycles. The van der Waals surface area contributed by atoms with Gasteiger partial charge in [-0.05, 0) is 50.3 Å². The zero-order valence-electron chi connectivity index (χ0n) is 10.8. The summed E-state index contributed by atoms with van der Waals surface area (Å²) in [5.74, 6) is -0.584. The molecule has 0 heterocycles. The molecule has 1 N–H and O–H groups in total. The van der Waals surface area contributed by atoms with E-state index in [1.54, 1.807) is 0 Å². The molecule has 19 heavy (non-hydrogen) atoms. The van der Waals surface area contributed by atoms with Crippen molar-refractivity contribution in [1.29, 1.82) is 0 Å². The number of allylic oxidation sites excluding steroid dienone is 1. The summed E-state index contributed by atoms with van der Waals surface area (Å²) in [6.07, 6.45) is 8.01. The van der Waals surface area contributed by atoms with Crippen LogP contribution in [0.15, 0.2) is 34.7 Å². The summed E-state index contributed by atoms with van der Waals surface area (Å²) in [6, 6.07) is 4.19. The van der Waals surface area contributed by atoms with E-state index in [1.165, 1.54) is 36.6 Å². The average molecular weight is 279 g/mol. The fourth-order valence-corrected chi connectivity index (χ4v) is 2.44. The number of halogens is 1. The molecule has 2 rings (SSSR count). The third kappa shape index (κ3) is 4.10. The molecule has 102 valence electrons. The van der Waals surface area contributed by atoms with Crippen LogP contribution in [0.5, 0.6) is 0 Å². The van der Waals surface area contributed by atoms with E-state index in [0.29, 0.717) is 12.1 Å². The molecule has 0 saturated carbocycles. The van der Waals surface area contributed by atoms with Crippen molar-refractivity contribution in [3.8, 4) is 0 Å². The molecule has 0 fully saturated rings. The van der Waals surface area contributed by atoms with Crippen molar-refractivity contribution in [1.82, 2.24) is 5.32 Å². The van der Waals surface area contributed by atoms with Crippen molar-refractivity contribution in [3.63, 3.8) is 0 Å². The van der Waals surface area contributed by atoms with Gasteiger partial charge in [-0.1, -0.05) is 11.6 Å². The number of carbonyl (C=O) groups is 1. The average Bonchev–Trinajstić information content (AvgIpc) is 2.43. The molecule has 1 aliphatic rings. The van der Waals surface area contributed by atoms with E-state index in [1.807, 2.05) is 0 Å². The lowest BCUT2D eigenvalue weighted by molar-refractivity contribution is 0.0953. The Morgan fingerprint density at radius 2 is 2.21 bits per heavy atom. The molecule has 0 radical (unpaired) electrons. The first-order valence-corrected chi connectivity index (χ1v) is 7.06. The van der Waals surface area contributed by atoms with Crippen LogP contribution in [-0.2, 0) is 0 Å². The van der Waals surface area contributed by atoms with Crippen LogP contribution in [0.2, 0.25) is 0 Å². The minimum absolute atomic E-state index is 0.174. The van der Waals surface area contributed by atoms with E-state index < -0.39 is 5.82 Å². The van der Waals surface area contributed by atoms with E-state index in [9.17, 15) is 9.18 Å². The Kier molecular flexibility index (Phi) is 5.02. The molecule has 1 aliphatic carbocycles. The monoisotopic (exact) mass is 279 g/mol. The molecule has 0 aliphatic heterocycles. The fourth-order valence-electron chi connectivity index (χ4n) is 2.22. The zero-order valence-corrected chi connectivity index (χ0v) is 11.7. The molecule has 1 aromatic carbocycles. The van der Waals surface area contributed by atoms with Gasteiger partial charge in [-0.3, -0.25) is 4.79 Å². The normalized spacial score (nSPS) is 14.9. The van der Waals surface area contributed by atoms with Gasteiger partial charge >= 0.3 is 0 Å². The first kappa shape index (κ1) is 14.1. The van der Waals surface area contributed by atoms with Crippen LogP contribution in [0.25, 0.3) is 0 Å². The lowest BCUT2D eigenvalue weighted by Crippen LogP contribution is -2.24. The summed E-state index contributed by atoms with van der Waals surface area (Å²) in [5.41, 5.74) is 1.88. The highest BCUT2D eigenvalue weighted by molar-refractivity contribution is 7.80. The van der Waals surface area contributed by atoms with Gasteiger partial charge in [-0.25, -0.2) is 4.39 Å². The molecule has 0 bridgehead atoms. The zero-order chi connectivity index (χ0) is 13.7. The Morgan fingerprint density at radius 3 is 2.89 bits per heavy atom. The first-order chi connectivity index (χ1) is 9.16. The van der Waals surface area contributed by atoms with Crippen molar-refractivity contribution in [2.24, 2.45) is 0 Å². The number of carbonyl (C=O) groups excluding carboxylic acids is 1. The van der Waals surface area contributed by atoms with Gasteiger partial charge < -0.3 is 5.32 Å². The van der Waals surface area contributed by atoms with E-state index >= 15 is 0 Å². The minimum Gasteiger partial charge on any atom is -0.352 e. The van der Waals surface area contributed by atoms with Crippen LogP contribution in [0, 0.1) is 5.82 Å². The van der Waals surface area contributed by atoms with Gasteiger partial charge in [0.15, 0.2) is 0 Å². The van der Waals surface area contributed by atoms with Gasteiger partial charge in [-0.2, -0.15) is 0 Å². The molecule has 0 atom stereocenters. The van der Waals surface area contributed by atoms with Crippen LogP contribution in [0.3, 0.4) is 0 Å². The van der Waals surface area contributed by atoms with Gasteiger partial charge in [0.25, 0.3) is 5.91 Å². The number of hydrogen-bond donors (Lipinski definition) is 2. The number of benzene rings is 1. The fraction of sp³-hybridized carbons (Fsp3) is 0.400. The number of hydrogen-bond acceptors (Lipinski definition) is 2. The first-order valence-electron chi connectivity index (χ1n) is 6.61. The molecule has 0 unspecified atom stereocenters. The van der Waals surface area contributed by atoms with Crippen molar-refractivity contribution < 1.29 is 9.18 Å². The Balaban J connectivity index is 1.83. The summed E-state index contributed by atoms with van der Waals surface area (Å²) in [5, 5.41) is 2.86. The highest BCUT2D eigenvalue weighted by atomic mass is 32.1. The standard InChI is InChI=1S/C15H18FNOS/c16-13-7-6-12(10-14(13)19)15(18)17-9-8-11-4-2-1-3-5-11/h4,6-7,10,19H,1-3,5,8-9H2,(H,17,18). The van der Waals surface area contributed by atoms with Gasteiger partial charge in [0.2, 0.25) is 0 Å². The molecular formula is C15H18FNOS. The second-order valence-electron chi connectivity index (χ2n) is 4.78. The predicted molar refractivity (Wildman–Crippen MR) is 77.2 cm³/mol. The van der Waals surface area contributed by atoms with Crippen LogP contribution in [0.1, 0.15) is 42.5 Å². The van der Waals surface area contributed by atoms with E-state index in [0.717, 1.165) is 19.3 Å². The Hall–Kier alpha value is -1.29. The van der Waals surface area contributed by atoms with E-state index in [2.05, 4.69) is 24.0 Å². The second kappa shape index (κ2) is 6.75. The summed E-state index contributed by atoms with van der Waals surface area (Å²) in [4.78, 5) is 12.1. The van der Waals surface area contributed by atoms with Crippen molar-refractivity contribution in [2.45, 2.75) is 37.0 Å². The molecule has 1 amide bonds. The largest absolute Gasteiger partial charge is 0.352 e. The minimum atomic E-state index is -0.410. The quantitative estimate of drug-likeness (QED) is 0.638. The highest BCUT2D eigenvalue weighted by Crippen LogP contribution is 2.19. The van der Waals surface area contributed by atoms with Crippen LogP contribution >= 0.6 is 12.6 Å². The number of nitrogens with one attached hydrogen (secondary N) is 1. The topological polar surface area (TPSA) is 29.1 Å². The molecule has 2 nitrogen and oxygen atoms in total. The van der Waals surface area contributed by atoms with Crippen molar-refractivity contribution >= 4 is 18.5 Å². The Bertz CT molecular complexity index is 499. The lowest BCUT2D eigenvalue weighted by Gasteiger charge is -2.13. The third-order valence-electron chi connectivity index (χ3n) is 3.33. The van der Waals surface area contributed by atoms with Crippen LogP contribution < -0.4 is 5.32 Å². The second-order valence-corrected chi connectivity index (χ2v) is 5.26. The molecule has 4 heteroatoms. The van der Waals surface area contributed by atoms with Gasteiger partial charge in [0.1, 0.15) is 5.82 Å². The maximum absolute atomic E-state index is 13.0. The van der Waals surface area contributed by atoms with Gasteiger partial charge in [0.05, 0.1) is 0 Å². The maximum atomic E-state index is 13.0. The number of thiol groups is 1. The Morgan fingerprint density at radius 1 is 1.37 bits per heavy atom. The maximum Gasteiger partial charge on any atom is 0.251 e. The van der Waals surface area contributed by atoms with Crippen molar-refractivity contribution in [2.75, 3.05) is 6.54 Å². The summed E-state index contributed by atoms with van der Waals surface area (Å²) >= 11 is 3.97. The number of rotatable bonds is 4. The van der Waals surface area contributed by atoms with Crippen LogP contribution in [0.4, 0.5) is 4.39 Å². The highest BCUT2D eigenvalue weighted by Gasteiger charge is 2.08. The third-order valence-corrected chi connectivity index (χ3v) is 3.67.